The van der Waals surface area contributed by atoms with Crippen LogP contribution in [0.1, 0.15) is 17.4 Å². The lowest BCUT2D eigenvalue weighted by Gasteiger charge is -2.02. The summed E-state index contributed by atoms with van der Waals surface area (Å²) in [5.74, 6) is -0.00104. The Balaban J connectivity index is 2.48. The van der Waals surface area contributed by atoms with E-state index in [0.717, 1.165) is 16.4 Å². The summed E-state index contributed by atoms with van der Waals surface area (Å²) < 4.78 is 1.79. The van der Waals surface area contributed by atoms with Crippen LogP contribution in [-0.2, 0) is 0 Å². The minimum atomic E-state index is -0.00104. The van der Waals surface area contributed by atoms with Gasteiger partial charge in [-0.2, -0.15) is 0 Å². The fraction of sp³-hybridized carbons (Fsp3) is 0.0769. The number of imidazole rings is 1. The van der Waals surface area contributed by atoms with Crippen LogP contribution in [0.4, 0.5) is 0 Å². The molecular weight excluding hydrogens is 236 g/mol. The van der Waals surface area contributed by atoms with E-state index >= 15 is 0 Å². The van der Waals surface area contributed by atoms with Crippen molar-refractivity contribution in [2.45, 2.75) is 6.92 Å². The topological polar surface area (TPSA) is 34.4 Å². The third-order valence-electron chi connectivity index (χ3n) is 2.82. The van der Waals surface area contributed by atoms with Gasteiger partial charge in [0.25, 0.3) is 0 Å². The lowest BCUT2D eigenvalue weighted by Crippen LogP contribution is -1.97. The van der Waals surface area contributed by atoms with Gasteiger partial charge in [-0.05, 0) is 23.6 Å². The zero-order valence-corrected chi connectivity index (χ0v) is 9.90. The fourth-order valence-corrected chi connectivity index (χ4v) is 2.17. The number of fused-ring (bicyclic) bond motifs is 3. The Kier molecular flexibility index (Phi) is 2.16. The van der Waals surface area contributed by atoms with E-state index in [0.29, 0.717) is 10.7 Å². The molecule has 3 nitrogen and oxygen atoms in total. The fourth-order valence-electron chi connectivity index (χ4n) is 1.99. The zero-order valence-electron chi connectivity index (χ0n) is 9.14. The molecule has 0 amide bonds. The summed E-state index contributed by atoms with van der Waals surface area (Å²) in [5, 5.41) is 2.67. The molecule has 2 heterocycles. The van der Waals surface area contributed by atoms with Crippen molar-refractivity contribution in [2.24, 2.45) is 0 Å². The molecule has 0 saturated heterocycles. The lowest BCUT2D eigenvalue weighted by atomic mass is 10.2. The molecule has 0 atom stereocenters. The molecule has 0 bridgehead atoms. The van der Waals surface area contributed by atoms with Crippen molar-refractivity contribution < 1.29 is 4.79 Å². The molecule has 3 aromatic rings. The maximum atomic E-state index is 11.4. The number of ketones is 1. The van der Waals surface area contributed by atoms with Crippen molar-refractivity contribution in [1.82, 2.24) is 9.38 Å². The number of hydrogen-bond acceptors (Lipinski definition) is 2. The van der Waals surface area contributed by atoms with Gasteiger partial charge >= 0.3 is 0 Å². The predicted octanol–water partition coefficient (Wildman–Crippen LogP) is 3.34. The van der Waals surface area contributed by atoms with Crippen LogP contribution in [0.3, 0.4) is 0 Å². The quantitative estimate of drug-likeness (QED) is 0.616. The van der Waals surface area contributed by atoms with Crippen molar-refractivity contribution in [3.05, 3.63) is 47.4 Å². The van der Waals surface area contributed by atoms with Crippen LogP contribution < -0.4 is 0 Å². The van der Waals surface area contributed by atoms with Crippen molar-refractivity contribution in [1.29, 1.82) is 0 Å². The van der Waals surface area contributed by atoms with Crippen LogP contribution in [0.25, 0.3) is 16.4 Å². The molecule has 0 N–H and O–H groups in total. The molecule has 0 unspecified atom stereocenters. The zero-order chi connectivity index (χ0) is 12.0. The Labute approximate surface area is 103 Å². The summed E-state index contributed by atoms with van der Waals surface area (Å²) in [6.45, 7) is 1.53. The Morgan fingerprint density at radius 3 is 2.94 bits per heavy atom. The molecule has 2 aromatic heterocycles. The molecule has 4 heteroatoms. The van der Waals surface area contributed by atoms with Gasteiger partial charge in [0, 0.05) is 23.5 Å². The van der Waals surface area contributed by atoms with E-state index in [1.165, 1.54) is 6.92 Å². The van der Waals surface area contributed by atoms with E-state index in [-0.39, 0.29) is 5.78 Å². The molecule has 1 aromatic carbocycles. The smallest absolute Gasteiger partial charge is 0.178 e. The molecular formula is C13H9ClN2O. The third kappa shape index (κ3) is 1.51. The van der Waals surface area contributed by atoms with Crippen molar-refractivity contribution >= 4 is 33.8 Å². The van der Waals surface area contributed by atoms with Gasteiger partial charge in [0.1, 0.15) is 11.3 Å². The summed E-state index contributed by atoms with van der Waals surface area (Å²) in [7, 11) is 0. The van der Waals surface area contributed by atoms with E-state index in [2.05, 4.69) is 4.98 Å². The van der Waals surface area contributed by atoms with Crippen molar-refractivity contribution in [2.75, 3.05) is 0 Å². The average molecular weight is 245 g/mol. The lowest BCUT2D eigenvalue weighted by molar-refractivity contribution is 0.101. The third-order valence-corrected chi connectivity index (χ3v) is 3.05. The number of pyridine rings is 1. The first-order valence-electron chi connectivity index (χ1n) is 5.23. The highest BCUT2D eigenvalue weighted by Gasteiger charge is 2.09. The van der Waals surface area contributed by atoms with Gasteiger partial charge < -0.3 is 0 Å². The standard InChI is InChI=1S/C13H9ClN2O/c1-8(17)12-7-15-13-11-6-10(14)3-2-9(11)4-5-16(12)13/h2-7H,1H3. The minimum Gasteiger partial charge on any atom is -0.297 e. The molecule has 84 valence electrons. The highest BCUT2D eigenvalue weighted by molar-refractivity contribution is 6.31. The number of carbonyl (C=O) groups excluding carboxylic acids is 1. The monoisotopic (exact) mass is 244 g/mol. The van der Waals surface area contributed by atoms with E-state index in [1.54, 1.807) is 10.6 Å². The van der Waals surface area contributed by atoms with Gasteiger partial charge in [0.05, 0.1) is 6.20 Å². The van der Waals surface area contributed by atoms with Gasteiger partial charge in [-0.3, -0.25) is 9.20 Å². The van der Waals surface area contributed by atoms with E-state index in [9.17, 15) is 4.79 Å². The Bertz CT molecular complexity index is 746. The first-order chi connectivity index (χ1) is 8.16. The van der Waals surface area contributed by atoms with Crippen LogP contribution in [0.15, 0.2) is 36.7 Å². The normalized spacial score (nSPS) is 11.2. The first-order valence-corrected chi connectivity index (χ1v) is 5.61. The first kappa shape index (κ1) is 10.3. The number of rotatable bonds is 1. The van der Waals surface area contributed by atoms with Crippen molar-refractivity contribution in [3.63, 3.8) is 0 Å². The number of Topliss-reactive ketones (excluding diaryl/α,β-unsaturated/α-hetero) is 1. The largest absolute Gasteiger partial charge is 0.297 e. The highest BCUT2D eigenvalue weighted by Crippen LogP contribution is 2.23. The van der Waals surface area contributed by atoms with Crippen LogP contribution in [0, 0.1) is 0 Å². The van der Waals surface area contributed by atoms with Gasteiger partial charge in [-0.25, -0.2) is 4.98 Å². The summed E-state index contributed by atoms with van der Waals surface area (Å²) in [6.07, 6.45) is 3.45. The Hall–Kier alpha value is -1.87. The SMILES string of the molecule is CC(=O)c1cnc2c3cc(Cl)ccc3ccn12. The molecule has 3 rings (SSSR count). The van der Waals surface area contributed by atoms with E-state index < -0.39 is 0 Å². The predicted molar refractivity (Wildman–Crippen MR) is 67.7 cm³/mol. The van der Waals surface area contributed by atoms with Gasteiger partial charge in [0.15, 0.2) is 5.78 Å². The van der Waals surface area contributed by atoms with E-state index in [4.69, 9.17) is 11.6 Å². The van der Waals surface area contributed by atoms with Crippen LogP contribution in [-0.4, -0.2) is 15.2 Å². The second-order valence-corrected chi connectivity index (χ2v) is 4.38. The second-order valence-electron chi connectivity index (χ2n) is 3.94. The Morgan fingerprint density at radius 2 is 2.18 bits per heavy atom. The second kappa shape index (κ2) is 3.57. The highest BCUT2D eigenvalue weighted by atomic mass is 35.5. The van der Waals surface area contributed by atoms with Crippen LogP contribution in [0.2, 0.25) is 5.02 Å². The number of hydrogen-bond donors (Lipinski definition) is 0. The van der Waals surface area contributed by atoms with Crippen LogP contribution >= 0.6 is 11.6 Å². The molecule has 0 aliphatic rings. The minimum absolute atomic E-state index is 0.00104. The van der Waals surface area contributed by atoms with Gasteiger partial charge in [-0.1, -0.05) is 17.7 Å². The van der Waals surface area contributed by atoms with Crippen molar-refractivity contribution in [3.8, 4) is 0 Å². The Morgan fingerprint density at radius 1 is 1.35 bits per heavy atom. The van der Waals surface area contributed by atoms with E-state index in [1.807, 2.05) is 30.5 Å². The molecule has 0 saturated carbocycles. The van der Waals surface area contributed by atoms with Gasteiger partial charge in [0.2, 0.25) is 0 Å². The van der Waals surface area contributed by atoms with Crippen LogP contribution in [0.5, 0.6) is 0 Å². The summed E-state index contributed by atoms with van der Waals surface area (Å²) in [4.78, 5) is 15.7. The number of nitrogens with zero attached hydrogens (tertiary/aromatic N) is 2. The molecule has 0 radical (unpaired) electrons. The maximum absolute atomic E-state index is 11.4. The molecule has 0 aliphatic carbocycles. The number of aromatic nitrogens is 2. The number of halogens is 1. The van der Waals surface area contributed by atoms with Gasteiger partial charge in [-0.15, -0.1) is 0 Å². The molecule has 0 fully saturated rings. The average Bonchev–Trinajstić information content (AvgIpc) is 2.72. The summed E-state index contributed by atoms with van der Waals surface area (Å²) in [6, 6.07) is 7.60. The molecule has 0 aliphatic heterocycles. The molecule has 0 spiro atoms. The maximum Gasteiger partial charge on any atom is 0.178 e. The summed E-state index contributed by atoms with van der Waals surface area (Å²) >= 11 is 5.98. The summed E-state index contributed by atoms with van der Waals surface area (Å²) in [5.41, 5.74) is 1.34. The number of benzene rings is 1. The molecule has 17 heavy (non-hydrogen) atoms. The number of carbonyl (C=O) groups is 1.